The van der Waals surface area contributed by atoms with E-state index in [1.807, 2.05) is 24.6 Å². The lowest BCUT2D eigenvalue weighted by molar-refractivity contribution is -0.133. The van der Waals surface area contributed by atoms with Crippen LogP contribution in [0.1, 0.15) is 37.1 Å². The zero-order valence-corrected chi connectivity index (χ0v) is 16.5. The van der Waals surface area contributed by atoms with Gasteiger partial charge < -0.3 is 5.32 Å². The van der Waals surface area contributed by atoms with Crippen LogP contribution in [-0.4, -0.2) is 64.8 Å². The topological polar surface area (TPSA) is 114 Å². The molecule has 1 aromatic heterocycles. The molecule has 2 aliphatic rings. The zero-order chi connectivity index (χ0) is 19.6. The van der Waals surface area contributed by atoms with E-state index in [0.717, 1.165) is 17.8 Å². The first-order valence-electron chi connectivity index (χ1n) is 9.14. The number of nitrogens with one attached hydrogen (secondary N) is 1. The summed E-state index contributed by atoms with van der Waals surface area (Å²) in [7, 11) is -3.12. The van der Waals surface area contributed by atoms with Crippen molar-refractivity contribution < 1.29 is 18.0 Å². The third-order valence-electron chi connectivity index (χ3n) is 4.81. The highest BCUT2D eigenvalue weighted by molar-refractivity contribution is 7.91. The maximum absolute atomic E-state index is 12.4. The van der Waals surface area contributed by atoms with Crippen LogP contribution < -0.4 is 5.32 Å². The van der Waals surface area contributed by atoms with Crippen LogP contribution in [0.2, 0.25) is 0 Å². The van der Waals surface area contributed by atoms with Gasteiger partial charge >= 0.3 is 0 Å². The van der Waals surface area contributed by atoms with Gasteiger partial charge in [-0.05, 0) is 32.8 Å². The Bertz CT molecular complexity index is 874. The molecule has 1 N–H and O–H groups in total. The second-order valence-electron chi connectivity index (χ2n) is 7.10. The molecule has 2 aliphatic heterocycles. The first-order valence-corrected chi connectivity index (χ1v) is 11.0. The minimum absolute atomic E-state index is 0.0603. The fraction of sp³-hybridized carbons (Fsp3) is 0.647. The van der Waals surface area contributed by atoms with Crippen molar-refractivity contribution in [2.45, 2.75) is 52.1 Å². The largest absolute Gasteiger partial charge is 0.351 e. The molecule has 1 fully saturated rings. The van der Waals surface area contributed by atoms with Gasteiger partial charge in [0.25, 0.3) is 5.91 Å². The predicted molar refractivity (Wildman–Crippen MR) is 99.9 cm³/mol. The SMILES string of the molecule is Cc1cc(C)n(CCCNC(=O)C2=NN(C3CCS(=O)(=O)C3)C(=O)CC2)n1. The number of carbonyl (C=O) groups is 2. The summed E-state index contributed by atoms with van der Waals surface area (Å²) in [5.74, 6) is -0.551. The number of nitrogens with zero attached hydrogens (tertiary/aromatic N) is 4. The third kappa shape index (κ3) is 4.74. The van der Waals surface area contributed by atoms with Gasteiger partial charge in [0.15, 0.2) is 9.84 Å². The molecule has 1 saturated heterocycles. The number of aromatic nitrogens is 2. The first-order chi connectivity index (χ1) is 12.7. The molecule has 0 radical (unpaired) electrons. The average Bonchev–Trinajstić information content (AvgIpc) is 3.12. The maximum Gasteiger partial charge on any atom is 0.267 e. The standard InChI is InChI=1S/C17H25N5O4S/c1-12-10-13(2)21(19-12)8-3-7-18-17(24)15-4-5-16(23)22(20-15)14-6-9-27(25,26)11-14/h10,14H,3-9,11H2,1-2H3,(H,18,24). The number of aryl methyl sites for hydroxylation is 3. The van der Waals surface area contributed by atoms with E-state index in [1.165, 1.54) is 5.01 Å². The number of hydrazone groups is 1. The van der Waals surface area contributed by atoms with Crippen molar-refractivity contribution in [3.63, 3.8) is 0 Å². The summed E-state index contributed by atoms with van der Waals surface area (Å²) >= 11 is 0. The van der Waals surface area contributed by atoms with Crippen molar-refractivity contribution in [3.8, 4) is 0 Å². The fourth-order valence-corrected chi connectivity index (χ4v) is 5.11. The molecule has 1 aromatic rings. The average molecular weight is 395 g/mol. The van der Waals surface area contributed by atoms with Crippen LogP contribution >= 0.6 is 0 Å². The first kappa shape index (κ1) is 19.5. The molecular weight excluding hydrogens is 370 g/mol. The van der Waals surface area contributed by atoms with E-state index in [-0.39, 0.29) is 41.9 Å². The molecule has 9 nitrogen and oxygen atoms in total. The molecule has 0 spiro atoms. The zero-order valence-electron chi connectivity index (χ0n) is 15.6. The van der Waals surface area contributed by atoms with Crippen molar-refractivity contribution in [2.75, 3.05) is 18.1 Å². The monoisotopic (exact) mass is 395 g/mol. The van der Waals surface area contributed by atoms with Crippen LogP contribution in [-0.2, 0) is 26.0 Å². The van der Waals surface area contributed by atoms with Crippen molar-refractivity contribution in [2.24, 2.45) is 5.10 Å². The number of amides is 2. The second kappa shape index (κ2) is 7.79. The van der Waals surface area contributed by atoms with Gasteiger partial charge in [-0.3, -0.25) is 14.3 Å². The molecule has 27 heavy (non-hydrogen) atoms. The van der Waals surface area contributed by atoms with E-state index < -0.39 is 15.9 Å². The smallest absolute Gasteiger partial charge is 0.267 e. The Hall–Kier alpha value is -2.23. The van der Waals surface area contributed by atoms with Crippen molar-refractivity contribution in [3.05, 3.63) is 17.5 Å². The summed E-state index contributed by atoms with van der Waals surface area (Å²) in [4.78, 5) is 24.4. The van der Waals surface area contributed by atoms with Gasteiger partial charge in [0.2, 0.25) is 5.91 Å². The molecule has 148 valence electrons. The van der Waals surface area contributed by atoms with E-state index in [0.29, 0.717) is 19.5 Å². The van der Waals surface area contributed by atoms with Gasteiger partial charge in [0, 0.05) is 31.6 Å². The number of carbonyl (C=O) groups excluding carboxylic acids is 2. The molecule has 3 heterocycles. The second-order valence-corrected chi connectivity index (χ2v) is 9.33. The lowest BCUT2D eigenvalue weighted by atomic mass is 10.1. The Morgan fingerprint density at radius 1 is 1.33 bits per heavy atom. The number of rotatable bonds is 6. The summed E-state index contributed by atoms with van der Waals surface area (Å²) in [6.07, 6.45) is 1.55. The van der Waals surface area contributed by atoms with Gasteiger partial charge in [-0.2, -0.15) is 10.2 Å². The summed E-state index contributed by atoms with van der Waals surface area (Å²) in [6.45, 7) is 5.11. The predicted octanol–water partition coefficient (Wildman–Crippen LogP) is 0.172. The molecule has 3 rings (SSSR count). The Morgan fingerprint density at radius 3 is 2.74 bits per heavy atom. The highest BCUT2D eigenvalue weighted by Crippen LogP contribution is 2.22. The molecule has 0 aromatic carbocycles. The minimum atomic E-state index is -3.12. The quantitative estimate of drug-likeness (QED) is 0.690. The van der Waals surface area contributed by atoms with Crippen molar-refractivity contribution >= 4 is 27.4 Å². The molecule has 0 bridgehead atoms. The van der Waals surface area contributed by atoms with E-state index >= 15 is 0 Å². The van der Waals surface area contributed by atoms with Gasteiger partial charge in [-0.25, -0.2) is 13.4 Å². The van der Waals surface area contributed by atoms with Crippen molar-refractivity contribution in [1.82, 2.24) is 20.1 Å². The molecule has 1 atom stereocenters. The molecular formula is C17H25N5O4S. The van der Waals surface area contributed by atoms with E-state index in [4.69, 9.17) is 0 Å². The van der Waals surface area contributed by atoms with Crippen LogP contribution in [0.25, 0.3) is 0 Å². The van der Waals surface area contributed by atoms with Gasteiger partial charge in [0.05, 0.1) is 23.2 Å². The van der Waals surface area contributed by atoms with E-state index in [2.05, 4.69) is 15.5 Å². The Morgan fingerprint density at radius 2 is 2.11 bits per heavy atom. The minimum Gasteiger partial charge on any atom is -0.351 e. The van der Waals surface area contributed by atoms with Crippen LogP contribution in [0.15, 0.2) is 11.2 Å². The van der Waals surface area contributed by atoms with Gasteiger partial charge in [0.1, 0.15) is 5.71 Å². The summed E-state index contributed by atoms with van der Waals surface area (Å²) in [5.41, 5.74) is 2.33. The summed E-state index contributed by atoms with van der Waals surface area (Å²) in [5, 5.41) is 12.6. The number of sulfone groups is 1. The van der Waals surface area contributed by atoms with Crippen LogP contribution in [0.5, 0.6) is 0 Å². The van der Waals surface area contributed by atoms with Gasteiger partial charge in [-0.15, -0.1) is 0 Å². The maximum atomic E-state index is 12.4. The lowest BCUT2D eigenvalue weighted by Gasteiger charge is -2.27. The van der Waals surface area contributed by atoms with E-state index in [1.54, 1.807) is 0 Å². The van der Waals surface area contributed by atoms with E-state index in [9.17, 15) is 18.0 Å². The summed E-state index contributed by atoms with van der Waals surface area (Å²) < 4.78 is 25.2. The normalized spacial score (nSPS) is 22.0. The summed E-state index contributed by atoms with van der Waals surface area (Å²) in [6, 6.07) is 1.54. The highest BCUT2D eigenvalue weighted by Gasteiger charge is 2.37. The lowest BCUT2D eigenvalue weighted by Crippen LogP contribution is -2.44. The molecule has 0 aliphatic carbocycles. The van der Waals surface area contributed by atoms with Crippen LogP contribution in [0.4, 0.5) is 0 Å². The molecule has 2 amide bonds. The molecule has 0 saturated carbocycles. The fourth-order valence-electron chi connectivity index (χ4n) is 3.42. The van der Waals surface area contributed by atoms with Crippen molar-refractivity contribution in [1.29, 1.82) is 0 Å². The van der Waals surface area contributed by atoms with Crippen LogP contribution in [0.3, 0.4) is 0 Å². The Kier molecular flexibility index (Phi) is 5.64. The third-order valence-corrected chi connectivity index (χ3v) is 6.56. The highest BCUT2D eigenvalue weighted by atomic mass is 32.2. The Labute approximate surface area is 158 Å². The molecule has 10 heteroatoms. The Balaban J connectivity index is 1.53. The van der Waals surface area contributed by atoms with Gasteiger partial charge in [-0.1, -0.05) is 0 Å². The number of hydrogen-bond acceptors (Lipinski definition) is 6. The number of hydrogen-bond donors (Lipinski definition) is 1. The molecule has 1 unspecified atom stereocenters. The van der Waals surface area contributed by atoms with Crippen LogP contribution in [0, 0.1) is 13.8 Å².